The van der Waals surface area contributed by atoms with Gasteiger partial charge in [0.15, 0.2) is 0 Å². The van der Waals surface area contributed by atoms with Crippen molar-refractivity contribution in [2.24, 2.45) is 5.41 Å². The Kier molecular flexibility index (Phi) is 2.74. The molecule has 0 bridgehead atoms. The number of pyridine rings is 1. The molecule has 86 valence electrons. The minimum absolute atomic E-state index is 0.0313. The molecule has 2 rings (SSSR count). The summed E-state index contributed by atoms with van der Waals surface area (Å²) in [6, 6.07) is 2.94. The Balaban J connectivity index is 2.06. The molecule has 6 heteroatoms. The normalized spacial score (nSPS) is 16.8. The van der Waals surface area contributed by atoms with E-state index in [2.05, 4.69) is 10.3 Å². The fourth-order valence-corrected chi connectivity index (χ4v) is 1.52. The summed E-state index contributed by atoms with van der Waals surface area (Å²) in [5.41, 5.74) is -0.123. The van der Waals surface area contributed by atoms with Gasteiger partial charge >= 0.3 is 5.69 Å². The van der Waals surface area contributed by atoms with Crippen LogP contribution in [-0.4, -0.2) is 28.2 Å². The van der Waals surface area contributed by atoms with Crippen LogP contribution in [-0.2, 0) is 0 Å². The molecule has 0 radical (unpaired) electrons. The fourth-order valence-electron chi connectivity index (χ4n) is 1.52. The Morgan fingerprint density at radius 1 is 1.62 bits per heavy atom. The highest BCUT2D eigenvalue weighted by Crippen LogP contribution is 2.45. The van der Waals surface area contributed by atoms with Gasteiger partial charge in [-0.3, -0.25) is 10.1 Å². The van der Waals surface area contributed by atoms with Crippen LogP contribution in [0.4, 0.5) is 11.5 Å². The van der Waals surface area contributed by atoms with Gasteiger partial charge < -0.3 is 10.4 Å². The van der Waals surface area contributed by atoms with Crippen molar-refractivity contribution < 1.29 is 10.0 Å². The number of aliphatic hydroxyl groups excluding tert-OH is 1. The predicted molar refractivity (Wildman–Crippen MR) is 58.1 cm³/mol. The van der Waals surface area contributed by atoms with Crippen LogP contribution < -0.4 is 5.32 Å². The summed E-state index contributed by atoms with van der Waals surface area (Å²) in [4.78, 5) is 14.2. The van der Waals surface area contributed by atoms with E-state index in [0.717, 1.165) is 12.8 Å². The van der Waals surface area contributed by atoms with Gasteiger partial charge in [-0.1, -0.05) is 0 Å². The summed E-state index contributed by atoms with van der Waals surface area (Å²) in [5.74, 6) is 0.271. The van der Waals surface area contributed by atoms with E-state index in [9.17, 15) is 10.1 Å². The molecule has 1 aliphatic rings. The van der Waals surface area contributed by atoms with Crippen molar-refractivity contribution in [1.29, 1.82) is 0 Å². The lowest BCUT2D eigenvalue weighted by Crippen LogP contribution is -2.20. The number of hydrogen-bond acceptors (Lipinski definition) is 5. The summed E-state index contributed by atoms with van der Waals surface area (Å²) in [5, 5.41) is 22.8. The van der Waals surface area contributed by atoms with E-state index in [1.54, 1.807) is 0 Å². The van der Waals surface area contributed by atoms with Crippen LogP contribution in [0.2, 0.25) is 0 Å². The van der Waals surface area contributed by atoms with Gasteiger partial charge in [0.2, 0.25) is 5.82 Å². The third-order valence-electron chi connectivity index (χ3n) is 2.91. The molecule has 0 aliphatic heterocycles. The Morgan fingerprint density at radius 2 is 2.38 bits per heavy atom. The lowest BCUT2D eigenvalue weighted by molar-refractivity contribution is -0.384. The number of nitrogens with one attached hydrogen (secondary N) is 1. The topological polar surface area (TPSA) is 88.3 Å². The average molecular weight is 223 g/mol. The zero-order valence-corrected chi connectivity index (χ0v) is 8.72. The van der Waals surface area contributed by atoms with Gasteiger partial charge in [0.05, 0.1) is 11.5 Å². The lowest BCUT2D eigenvalue weighted by Gasteiger charge is -2.12. The van der Waals surface area contributed by atoms with E-state index in [-0.39, 0.29) is 23.5 Å². The Morgan fingerprint density at radius 3 is 2.94 bits per heavy atom. The average Bonchev–Trinajstić information content (AvgIpc) is 3.07. The monoisotopic (exact) mass is 223 g/mol. The highest BCUT2D eigenvalue weighted by Gasteiger charge is 2.42. The molecule has 16 heavy (non-hydrogen) atoms. The molecule has 0 amide bonds. The van der Waals surface area contributed by atoms with Crippen LogP contribution in [0.3, 0.4) is 0 Å². The Labute approximate surface area is 92.5 Å². The second-order valence-electron chi connectivity index (χ2n) is 4.14. The summed E-state index contributed by atoms with van der Waals surface area (Å²) in [7, 11) is 0. The maximum absolute atomic E-state index is 10.7. The first-order chi connectivity index (χ1) is 7.67. The molecule has 1 aromatic heterocycles. The third-order valence-corrected chi connectivity index (χ3v) is 2.91. The minimum Gasteiger partial charge on any atom is -0.396 e. The molecule has 1 fully saturated rings. The van der Waals surface area contributed by atoms with Crippen LogP contribution in [0.15, 0.2) is 18.3 Å². The molecule has 0 saturated heterocycles. The highest BCUT2D eigenvalue weighted by molar-refractivity contribution is 5.55. The lowest BCUT2D eigenvalue weighted by atomic mass is 10.1. The number of nitro groups is 1. The molecule has 1 heterocycles. The number of nitrogens with zero attached hydrogens (tertiary/aromatic N) is 2. The SMILES string of the molecule is O=[N+]([O-])c1cccnc1NCC1(CO)CC1. The van der Waals surface area contributed by atoms with Gasteiger partial charge in [0.1, 0.15) is 0 Å². The largest absolute Gasteiger partial charge is 0.396 e. The zero-order valence-electron chi connectivity index (χ0n) is 8.72. The first-order valence-corrected chi connectivity index (χ1v) is 5.11. The molecule has 6 nitrogen and oxygen atoms in total. The second kappa shape index (κ2) is 4.05. The van der Waals surface area contributed by atoms with Gasteiger partial charge in [-0.15, -0.1) is 0 Å². The van der Waals surface area contributed by atoms with Crippen molar-refractivity contribution in [2.45, 2.75) is 12.8 Å². The number of aromatic nitrogens is 1. The van der Waals surface area contributed by atoms with Crippen LogP contribution in [0.25, 0.3) is 0 Å². The Bertz CT molecular complexity index is 404. The third kappa shape index (κ3) is 2.11. The van der Waals surface area contributed by atoms with Crippen molar-refractivity contribution in [3.05, 3.63) is 28.4 Å². The van der Waals surface area contributed by atoms with E-state index >= 15 is 0 Å². The number of anilines is 1. The summed E-state index contributed by atoms with van der Waals surface area (Å²) in [6.07, 6.45) is 3.42. The van der Waals surface area contributed by atoms with E-state index in [1.807, 2.05) is 0 Å². The predicted octanol–water partition coefficient (Wildman–Crippen LogP) is 1.17. The quantitative estimate of drug-likeness (QED) is 0.578. The molecule has 0 atom stereocenters. The van der Waals surface area contributed by atoms with Crippen LogP contribution >= 0.6 is 0 Å². The molecule has 1 aromatic rings. The molecule has 2 N–H and O–H groups in total. The first-order valence-electron chi connectivity index (χ1n) is 5.11. The number of aliphatic hydroxyl groups is 1. The zero-order chi connectivity index (χ0) is 11.6. The summed E-state index contributed by atoms with van der Waals surface area (Å²) >= 11 is 0. The van der Waals surface area contributed by atoms with Crippen LogP contribution in [0.1, 0.15) is 12.8 Å². The Hall–Kier alpha value is -1.69. The van der Waals surface area contributed by atoms with Crippen molar-refractivity contribution >= 4 is 11.5 Å². The van der Waals surface area contributed by atoms with Crippen LogP contribution in [0, 0.1) is 15.5 Å². The molecule has 1 aliphatic carbocycles. The molecular formula is C10H13N3O3. The van der Waals surface area contributed by atoms with Crippen molar-refractivity contribution in [3.63, 3.8) is 0 Å². The van der Waals surface area contributed by atoms with Gasteiger partial charge in [-0.05, 0) is 18.9 Å². The van der Waals surface area contributed by atoms with Gasteiger partial charge in [0.25, 0.3) is 0 Å². The highest BCUT2D eigenvalue weighted by atomic mass is 16.6. The standard InChI is InChI=1S/C10H13N3O3/c14-7-10(3-4-10)6-12-9-8(13(15)16)2-1-5-11-9/h1-2,5,14H,3-4,6-7H2,(H,11,12). The maximum Gasteiger partial charge on any atom is 0.311 e. The molecule has 0 spiro atoms. The molecule has 0 aromatic carbocycles. The minimum atomic E-state index is -0.464. The van der Waals surface area contributed by atoms with E-state index < -0.39 is 4.92 Å². The molecule has 1 saturated carbocycles. The number of hydrogen-bond donors (Lipinski definition) is 2. The van der Waals surface area contributed by atoms with E-state index in [0.29, 0.717) is 6.54 Å². The van der Waals surface area contributed by atoms with Crippen molar-refractivity contribution in [2.75, 3.05) is 18.5 Å². The summed E-state index contributed by atoms with van der Waals surface area (Å²) < 4.78 is 0. The smallest absolute Gasteiger partial charge is 0.311 e. The van der Waals surface area contributed by atoms with Crippen molar-refractivity contribution in [3.8, 4) is 0 Å². The summed E-state index contributed by atoms with van der Waals surface area (Å²) in [6.45, 7) is 0.641. The first kappa shape index (κ1) is 10.8. The van der Waals surface area contributed by atoms with Crippen molar-refractivity contribution in [1.82, 2.24) is 4.98 Å². The van der Waals surface area contributed by atoms with Gasteiger partial charge in [-0.25, -0.2) is 4.98 Å². The van der Waals surface area contributed by atoms with E-state index in [4.69, 9.17) is 5.11 Å². The maximum atomic E-state index is 10.7. The van der Waals surface area contributed by atoms with Gasteiger partial charge in [0, 0.05) is 24.2 Å². The molecular weight excluding hydrogens is 210 g/mol. The van der Waals surface area contributed by atoms with E-state index in [1.165, 1.54) is 18.3 Å². The fraction of sp³-hybridized carbons (Fsp3) is 0.500. The van der Waals surface area contributed by atoms with Gasteiger partial charge in [-0.2, -0.15) is 0 Å². The van der Waals surface area contributed by atoms with Crippen LogP contribution in [0.5, 0.6) is 0 Å². The number of rotatable bonds is 5. The second-order valence-corrected chi connectivity index (χ2v) is 4.14. The molecule has 0 unspecified atom stereocenters.